The quantitative estimate of drug-likeness (QED) is 0.547. The van der Waals surface area contributed by atoms with Crippen molar-refractivity contribution in [3.05, 3.63) is 71.9 Å². The molecule has 0 bridgehead atoms. The van der Waals surface area contributed by atoms with Crippen LogP contribution >= 0.6 is 0 Å². The Bertz CT molecular complexity index is 1230. The minimum atomic E-state index is -4.68. The Hall–Kier alpha value is -3.87. The normalized spacial score (nSPS) is 20.4. The van der Waals surface area contributed by atoms with E-state index in [1.54, 1.807) is 40.5 Å². The number of benzene rings is 1. The lowest BCUT2D eigenvalue weighted by molar-refractivity contribution is -0.137. The Morgan fingerprint density at radius 2 is 1.91 bits per heavy atom. The van der Waals surface area contributed by atoms with E-state index in [1.165, 1.54) is 11.0 Å². The molecule has 2 unspecified atom stereocenters. The standard InChI is InChI=1S/C24H21F3N6O/c25-24(26,27)19-11-18(7-6-17(19)12-28)33-21-4-2-1-3-20(21)32(23(33)34)14-16-5-8-22(30-13-16)31-10-9-29-15-31/h5-11,13,15,20-21H,1-4,14H2. The molecule has 1 saturated heterocycles. The lowest BCUT2D eigenvalue weighted by Gasteiger charge is -2.32. The Morgan fingerprint density at radius 1 is 1.12 bits per heavy atom. The van der Waals surface area contributed by atoms with Gasteiger partial charge in [-0.15, -0.1) is 0 Å². The Kier molecular flexibility index (Phi) is 5.48. The number of urea groups is 1. The molecule has 1 aromatic carbocycles. The maximum absolute atomic E-state index is 13.6. The molecule has 10 heteroatoms. The summed E-state index contributed by atoms with van der Waals surface area (Å²) >= 11 is 0. The Morgan fingerprint density at radius 3 is 2.56 bits per heavy atom. The summed E-state index contributed by atoms with van der Waals surface area (Å²) in [6, 6.07) is 8.19. The van der Waals surface area contributed by atoms with Crippen LogP contribution in [-0.2, 0) is 12.7 Å². The molecule has 0 N–H and O–H groups in total. The summed E-state index contributed by atoms with van der Waals surface area (Å²) in [5.74, 6) is 0.698. The van der Waals surface area contributed by atoms with Gasteiger partial charge in [0, 0.05) is 30.8 Å². The van der Waals surface area contributed by atoms with Gasteiger partial charge in [0.1, 0.15) is 12.1 Å². The van der Waals surface area contributed by atoms with Crippen LogP contribution in [-0.4, -0.2) is 37.5 Å². The minimum absolute atomic E-state index is 0.0976. The number of rotatable bonds is 4. The predicted octanol–water partition coefficient (Wildman–Crippen LogP) is 4.91. The van der Waals surface area contributed by atoms with Gasteiger partial charge in [0.2, 0.25) is 0 Å². The molecule has 7 nitrogen and oxygen atoms in total. The Balaban J connectivity index is 1.45. The summed E-state index contributed by atoms with van der Waals surface area (Å²) in [6.45, 7) is 0.316. The van der Waals surface area contributed by atoms with Crippen LogP contribution in [0.1, 0.15) is 42.4 Å². The van der Waals surface area contributed by atoms with Gasteiger partial charge in [-0.3, -0.25) is 9.47 Å². The lowest BCUT2D eigenvalue weighted by atomic mass is 9.89. The third-order valence-corrected chi connectivity index (χ3v) is 6.52. The van der Waals surface area contributed by atoms with Crippen molar-refractivity contribution in [2.24, 2.45) is 0 Å². The summed E-state index contributed by atoms with van der Waals surface area (Å²) in [5, 5.41) is 9.11. The largest absolute Gasteiger partial charge is 0.417 e. The second kappa shape index (κ2) is 8.48. The number of halogens is 3. The maximum atomic E-state index is 13.6. The number of pyridine rings is 1. The zero-order valence-electron chi connectivity index (χ0n) is 18.1. The van der Waals surface area contributed by atoms with Gasteiger partial charge in [0.15, 0.2) is 0 Å². The zero-order chi connectivity index (χ0) is 23.9. The predicted molar refractivity (Wildman–Crippen MR) is 117 cm³/mol. The number of hydrogen-bond acceptors (Lipinski definition) is 4. The number of alkyl halides is 3. The Labute approximate surface area is 194 Å². The fourth-order valence-electron chi connectivity index (χ4n) is 4.93. The summed E-state index contributed by atoms with van der Waals surface area (Å²) in [6.07, 6.45) is 5.46. The van der Waals surface area contributed by atoms with Gasteiger partial charge >= 0.3 is 12.2 Å². The van der Waals surface area contributed by atoms with E-state index in [4.69, 9.17) is 5.26 Å². The van der Waals surface area contributed by atoms with Crippen molar-refractivity contribution in [3.8, 4) is 11.9 Å². The molecular weight excluding hydrogens is 445 g/mol. The number of carbonyl (C=O) groups excluding carboxylic acids is 1. The first-order valence-electron chi connectivity index (χ1n) is 11.0. The van der Waals surface area contributed by atoms with Crippen molar-refractivity contribution >= 4 is 11.7 Å². The van der Waals surface area contributed by atoms with Crippen molar-refractivity contribution in [3.63, 3.8) is 0 Å². The van der Waals surface area contributed by atoms with Crippen LogP contribution < -0.4 is 4.90 Å². The first-order valence-corrected chi connectivity index (χ1v) is 11.0. The van der Waals surface area contributed by atoms with E-state index < -0.39 is 17.3 Å². The number of aromatic nitrogens is 3. The molecule has 3 heterocycles. The van der Waals surface area contributed by atoms with E-state index in [1.807, 2.05) is 12.1 Å². The van der Waals surface area contributed by atoms with Crippen molar-refractivity contribution in [2.75, 3.05) is 4.90 Å². The molecule has 0 radical (unpaired) electrons. The number of hydrogen-bond donors (Lipinski definition) is 0. The maximum Gasteiger partial charge on any atom is 0.417 e. The SMILES string of the molecule is N#Cc1ccc(N2C(=O)N(Cc3ccc(-n4ccnc4)nc3)C3CCCCC32)cc1C(F)(F)F. The van der Waals surface area contributed by atoms with Crippen LogP contribution in [0.4, 0.5) is 23.7 Å². The molecule has 2 aliphatic rings. The van der Waals surface area contributed by atoms with E-state index in [0.717, 1.165) is 37.0 Å². The molecule has 1 saturated carbocycles. The number of fused-ring (bicyclic) bond motifs is 1. The third-order valence-electron chi connectivity index (χ3n) is 6.52. The van der Waals surface area contributed by atoms with Crippen LogP contribution in [0.5, 0.6) is 0 Å². The summed E-state index contributed by atoms with van der Waals surface area (Å²) in [4.78, 5) is 25.2. The monoisotopic (exact) mass is 466 g/mol. The zero-order valence-corrected chi connectivity index (χ0v) is 18.1. The fraction of sp³-hybridized carbons (Fsp3) is 0.333. The second-order valence-corrected chi connectivity index (χ2v) is 8.53. The van der Waals surface area contributed by atoms with Crippen LogP contribution in [0.25, 0.3) is 5.82 Å². The van der Waals surface area contributed by atoms with Gasteiger partial charge in [0.05, 0.1) is 29.3 Å². The van der Waals surface area contributed by atoms with Gasteiger partial charge in [-0.2, -0.15) is 18.4 Å². The number of imidazole rings is 1. The molecule has 1 aliphatic heterocycles. The highest BCUT2D eigenvalue weighted by molar-refractivity contribution is 5.96. The third kappa shape index (κ3) is 3.87. The van der Waals surface area contributed by atoms with Gasteiger partial charge in [-0.1, -0.05) is 18.9 Å². The molecule has 1 aliphatic carbocycles. The summed E-state index contributed by atoms with van der Waals surface area (Å²) < 4.78 is 42.4. The van der Waals surface area contributed by atoms with E-state index >= 15 is 0 Å². The topological polar surface area (TPSA) is 78.0 Å². The molecule has 174 valence electrons. The molecule has 5 rings (SSSR count). The molecule has 2 aromatic heterocycles. The highest BCUT2D eigenvalue weighted by atomic mass is 19.4. The molecular formula is C24H21F3N6O. The van der Waals surface area contributed by atoms with E-state index in [-0.39, 0.29) is 23.8 Å². The number of amides is 2. The van der Waals surface area contributed by atoms with E-state index in [9.17, 15) is 18.0 Å². The molecule has 34 heavy (non-hydrogen) atoms. The average Bonchev–Trinajstić information content (AvgIpc) is 3.46. The second-order valence-electron chi connectivity index (χ2n) is 8.53. The average molecular weight is 466 g/mol. The molecule has 0 spiro atoms. The first-order chi connectivity index (χ1) is 16.4. The summed E-state index contributed by atoms with van der Waals surface area (Å²) in [7, 11) is 0. The smallest absolute Gasteiger partial charge is 0.315 e. The van der Waals surface area contributed by atoms with Crippen molar-refractivity contribution in [2.45, 2.75) is 50.5 Å². The number of nitrogens with zero attached hydrogens (tertiary/aromatic N) is 6. The van der Waals surface area contributed by atoms with Crippen LogP contribution in [0.3, 0.4) is 0 Å². The van der Waals surface area contributed by atoms with Crippen molar-refractivity contribution in [1.29, 1.82) is 5.26 Å². The van der Waals surface area contributed by atoms with E-state index in [2.05, 4.69) is 9.97 Å². The minimum Gasteiger partial charge on any atom is -0.315 e. The lowest BCUT2D eigenvalue weighted by Crippen LogP contribution is -2.39. The van der Waals surface area contributed by atoms with Crippen LogP contribution in [0.15, 0.2) is 55.2 Å². The first kappa shape index (κ1) is 21.9. The van der Waals surface area contributed by atoms with E-state index in [0.29, 0.717) is 18.8 Å². The highest BCUT2D eigenvalue weighted by Gasteiger charge is 2.47. The van der Waals surface area contributed by atoms with Gasteiger partial charge in [-0.25, -0.2) is 14.8 Å². The molecule has 2 fully saturated rings. The molecule has 3 aromatic rings. The van der Waals surface area contributed by atoms with Gasteiger partial charge in [0.25, 0.3) is 0 Å². The number of anilines is 1. The van der Waals surface area contributed by atoms with Crippen molar-refractivity contribution < 1.29 is 18.0 Å². The number of nitriles is 1. The number of carbonyl (C=O) groups is 1. The van der Waals surface area contributed by atoms with Crippen LogP contribution in [0, 0.1) is 11.3 Å². The van der Waals surface area contributed by atoms with Gasteiger partial charge in [-0.05, 0) is 42.7 Å². The molecule has 2 amide bonds. The van der Waals surface area contributed by atoms with Crippen LogP contribution in [0.2, 0.25) is 0 Å². The summed E-state index contributed by atoms with van der Waals surface area (Å²) in [5.41, 5.74) is -0.474. The fourth-order valence-corrected chi connectivity index (χ4v) is 4.93. The molecule has 2 atom stereocenters. The highest BCUT2D eigenvalue weighted by Crippen LogP contribution is 2.40. The van der Waals surface area contributed by atoms with Crippen molar-refractivity contribution in [1.82, 2.24) is 19.4 Å². The van der Waals surface area contributed by atoms with Gasteiger partial charge < -0.3 is 4.90 Å².